The van der Waals surface area contributed by atoms with E-state index in [1.807, 2.05) is 0 Å². The first-order valence-electron chi connectivity index (χ1n) is 3.52. The lowest BCUT2D eigenvalue weighted by Gasteiger charge is -2.19. The molecule has 1 saturated heterocycles. The van der Waals surface area contributed by atoms with E-state index in [1.54, 1.807) is 6.92 Å². The Hall–Kier alpha value is -0.0800. The molecule has 60 valence electrons. The molecule has 0 saturated carbocycles. The van der Waals surface area contributed by atoms with Gasteiger partial charge in [-0.25, -0.2) is 0 Å². The van der Waals surface area contributed by atoms with Crippen molar-refractivity contribution >= 4 is 18.2 Å². The van der Waals surface area contributed by atoms with Gasteiger partial charge in [0, 0.05) is 12.5 Å². The Morgan fingerprint density at radius 3 is 2.60 bits per heavy atom. The highest BCUT2D eigenvalue weighted by Gasteiger charge is 2.16. The van der Waals surface area contributed by atoms with Gasteiger partial charge >= 0.3 is 0 Å². The lowest BCUT2D eigenvalue weighted by atomic mass is 9.96. The summed E-state index contributed by atoms with van der Waals surface area (Å²) in [6, 6.07) is 0. The summed E-state index contributed by atoms with van der Waals surface area (Å²) in [5, 5.41) is 3.20. The number of carbonyl (C=O) groups is 1. The third kappa shape index (κ3) is 2.67. The van der Waals surface area contributed by atoms with Crippen molar-refractivity contribution in [2.24, 2.45) is 5.92 Å². The second kappa shape index (κ2) is 4.69. The molecular weight excluding hydrogens is 150 g/mol. The van der Waals surface area contributed by atoms with Crippen LogP contribution in [0.2, 0.25) is 0 Å². The number of hydrogen-bond acceptors (Lipinski definition) is 2. The standard InChI is InChI=1S/C7H13NO.ClH/c1-6(9)7-3-2-4-8-5-7;/h7-8H,2-5H2,1H3;1H. The summed E-state index contributed by atoms with van der Waals surface area (Å²) in [6.45, 7) is 3.66. The minimum absolute atomic E-state index is 0. The first kappa shape index (κ1) is 9.92. The highest BCUT2D eigenvalue weighted by molar-refractivity contribution is 5.85. The van der Waals surface area contributed by atoms with Crippen molar-refractivity contribution in [2.45, 2.75) is 19.8 Å². The normalized spacial score (nSPS) is 25.1. The fraction of sp³-hybridized carbons (Fsp3) is 0.857. The topological polar surface area (TPSA) is 29.1 Å². The van der Waals surface area contributed by atoms with Gasteiger partial charge in [0.1, 0.15) is 5.78 Å². The molecule has 1 unspecified atom stereocenters. The Morgan fingerprint density at radius 1 is 1.60 bits per heavy atom. The summed E-state index contributed by atoms with van der Waals surface area (Å²) >= 11 is 0. The van der Waals surface area contributed by atoms with Gasteiger partial charge in [-0.3, -0.25) is 4.79 Å². The van der Waals surface area contributed by atoms with Crippen molar-refractivity contribution < 1.29 is 4.79 Å². The van der Waals surface area contributed by atoms with Crippen molar-refractivity contribution in [1.82, 2.24) is 5.32 Å². The molecule has 0 radical (unpaired) electrons. The van der Waals surface area contributed by atoms with Crippen LogP contribution >= 0.6 is 12.4 Å². The molecule has 1 aliphatic rings. The maximum atomic E-state index is 10.8. The van der Waals surface area contributed by atoms with Crippen molar-refractivity contribution in [2.75, 3.05) is 13.1 Å². The Labute approximate surface area is 67.8 Å². The van der Waals surface area contributed by atoms with Gasteiger partial charge in [-0.1, -0.05) is 0 Å². The van der Waals surface area contributed by atoms with Crippen LogP contribution in [-0.4, -0.2) is 18.9 Å². The van der Waals surface area contributed by atoms with E-state index < -0.39 is 0 Å². The van der Waals surface area contributed by atoms with E-state index in [0.717, 1.165) is 25.9 Å². The van der Waals surface area contributed by atoms with E-state index in [1.165, 1.54) is 0 Å². The fourth-order valence-corrected chi connectivity index (χ4v) is 1.20. The smallest absolute Gasteiger partial charge is 0.134 e. The molecule has 1 atom stereocenters. The largest absolute Gasteiger partial charge is 0.316 e. The number of halogens is 1. The second-order valence-electron chi connectivity index (χ2n) is 2.65. The van der Waals surface area contributed by atoms with E-state index in [2.05, 4.69) is 5.32 Å². The van der Waals surface area contributed by atoms with Gasteiger partial charge in [-0.2, -0.15) is 0 Å². The Balaban J connectivity index is 0.000000810. The van der Waals surface area contributed by atoms with E-state index in [9.17, 15) is 4.79 Å². The predicted molar refractivity (Wildman–Crippen MR) is 43.5 cm³/mol. The van der Waals surface area contributed by atoms with E-state index in [4.69, 9.17) is 0 Å². The molecule has 1 aliphatic heterocycles. The highest BCUT2D eigenvalue weighted by atomic mass is 35.5. The number of piperidine rings is 1. The van der Waals surface area contributed by atoms with Crippen LogP contribution in [0.4, 0.5) is 0 Å². The van der Waals surface area contributed by atoms with Crippen LogP contribution < -0.4 is 5.32 Å². The first-order valence-corrected chi connectivity index (χ1v) is 3.52. The molecule has 1 rings (SSSR count). The molecule has 3 heteroatoms. The van der Waals surface area contributed by atoms with Gasteiger partial charge in [0.15, 0.2) is 0 Å². The van der Waals surface area contributed by atoms with Gasteiger partial charge in [-0.15, -0.1) is 12.4 Å². The molecule has 10 heavy (non-hydrogen) atoms. The van der Waals surface area contributed by atoms with Gasteiger partial charge in [0.25, 0.3) is 0 Å². The molecule has 0 aliphatic carbocycles. The number of hydrogen-bond donors (Lipinski definition) is 1. The number of nitrogens with one attached hydrogen (secondary N) is 1. The lowest BCUT2D eigenvalue weighted by molar-refractivity contribution is -0.121. The highest BCUT2D eigenvalue weighted by Crippen LogP contribution is 2.09. The molecule has 0 spiro atoms. The Bertz CT molecular complexity index is 110. The minimum atomic E-state index is 0. The van der Waals surface area contributed by atoms with Crippen LogP contribution in [0.3, 0.4) is 0 Å². The van der Waals surface area contributed by atoms with Crippen LogP contribution in [0.5, 0.6) is 0 Å². The molecule has 0 aromatic rings. The Kier molecular flexibility index (Phi) is 4.65. The van der Waals surface area contributed by atoms with Gasteiger partial charge in [-0.05, 0) is 26.3 Å². The van der Waals surface area contributed by atoms with Gasteiger partial charge in [0.2, 0.25) is 0 Å². The van der Waals surface area contributed by atoms with Crippen LogP contribution in [-0.2, 0) is 4.79 Å². The minimum Gasteiger partial charge on any atom is -0.316 e. The van der Waals surface area contributed by atoms with Crippen LogP contribution in [0.25, 0.3) is 0 Å². The zero-order valence-corrected chi connectivity index (χ0v) is 7.04. The summed E-state index contributed by atoms with van der Waals surface area (Å²) < 4.78 is 0. The summed E-state index contributed by atoms with van der Waals surface area (Å²) in [5.74, 6) is 0.640. The number of carbonyl (C=O) groups excluding carboxylic acids is 1. The monoisotopic (exact) mass is 163 g/mol. The lowest BCUT2D eigenvalue weighted by Crippen LogP contribution is -2.33. The van der Waals surface area contributed by atoms with Gasteiger partial charge in [0.05, 0.1) is 0 Å². The molecule has 0 bridgehead atoms. The number of rotatable bonds is 1. The first-order chi connectivity index (χ1) is 4.30. The average molecular weight is 164 g/mol. The quantitative estimate of drug-likeness (QED) is 0.625. The summed E-state index contributed by atoms with van der Waals surface area (Å²) in [6.07, 6.45) is 2.24. The third-order valence-electron chi connectivity index (χ3n) is 1.87. The number of Topliss-reactive ketones (excluding diaryl/α,β-unsaturated/α-hetero) is 1. The molecule has 0 amide bonds. The maximum Gasteiger partial charge on any atom is 0.134 e. The van der Waals surface area contributed by atoms with Crippen molar-refractivity contribution in [3.05, 3.63) is 0 Å². The van der Waals surface area contributed by atoms with Crippen molar-refractivity contribution in [3.8, 4) is 0 Å². The van der Waals surface area contributed by atoms with E-state index >= 15 is 0 Å². The van der Waals surface area contributed by atoms with Crippen LogP contribution in [0.15, 0.2) is 0 Å². The SMILES string of the molecule is CC(=O)C1CCCNC1.Cl. The molecular formula is C7H14ClNO. The molecule has 1 heterocycles. The zero-order chi connectivity index (χ0) is 6.69. The molecule has 1 N–H and O–H groups in total. The maximum absolute atomic E-state index is 10.8. The predicted octanol–water partition coefficient (Wildman–Crippen LogP) is 0.997. The molecule has 0 aromatic heterocycles. The van der Waals surface area contributed by atoms with Crippen LogP contribution in [0.1, 0.15) is 19.8 Å². The summed E-state index contributed by atoms with van der Waals surface area (Å²) in [4.78, 5) is 10.8. The summed E-state index contributed by atoms with van der Waals surface area (Å²) in [7, 11) is 0. The molecule has 2 nitrogen and oxygen atoms in total. The summed E-state index contributed by atoms with van der Waals surface area (Å²) in [5.41, 5.74) is 0. The van der Waals surface area contributed by atoms with Crippen molar-refractivity contribution in [3.63, 3.8) is 0 Å². The zero-order valence-electron chi connectivity index (χ0n) is 6.22. The van der Waals surface area contributed by atoms with Crippen molar-refractivity contribution in [1.29, 1.82) is 0 Å². The van der Waals surface area contributed by atoms with Gasteiger partial charge < -0.3 is 5.32 Å². The third-order valence-corrected chi connectivity index (χ3v) is 1.87. The van der Waals surface area contributed by atoms with Crippen LogP contribution in [0, 0.1) is 5.92 Å². The molecule has 0 aromatic carbocycles. The number of ketones is 1. The average Bonchev–Trinajstić information content (AvgIpc) is 1.90. The van der Waals surface area contributed by atoms with E-state index in [-0.39, 0.29) is 12.4 Å². The second-order valence-corrected chi connectivity index (χ2v) is 2.65. The Morgan fingerprint density at radius 2 is 2.30 bits per heavy atom. The van der Waals surface area contributed by atoms with E-state index in [0.29, 0.717) is 11.7 Å². The molecule has 1 fully saturated rings. The fourth-order valence-electron chi connectivity index (χ4n) is 1.20.